The average Bonchev–Trinajstić information content (AvgIpc) is 3.01. The highest BCUT2D eigenvalue weighted by atomic mass is 35.5. The van der Waals surface area contributed by atoms with Crippen molar-refractivity contribution in [1.29, 1.82) is 0 Å². The zero-order valence-electron chi connectivity index (χ0n) is 13.7. The first-order valence-electron chi connectivity index (χ1n) is 8.03. The molecule has 0 saturated carbocycles. The third kappa shape index (κ3) is 3.83. The van der Waals surface area contributed by atoms with Gasteiger partial charge in [0.15, 0.2) is 0 Å². The largest absolute Gasteiger partial charge is 0.352 e. The Kier molecular flexibility index (Phi) is 5.18. The summed E-state index contributed by atoms with van der Waals surface area (Å²) in [5, 5.41) is 13.6. The van der Waals surface area contributed by atoms with Crippen LogP contribution in [0.4, 0.5) is 11.4 Å². The summed E-state index contributed by atoms with van der Waals surface area (Å²) in [6.45, 7) is 0.828. The fourth-order valence-corrected chi connectivity index (χ4v) is 3.10. The Morgan fingerprint density at radius 3 is 2.69 bits per heavy atom. The number of amides is 2. The van der Waals surface area contributed by atoms with Gasteiger partial charge >= 0.3 is 0 Å². The minimum Gasteiger partial charge on any atom is -0.352 e. The van der Waals surface area contributed by atoms with Crippen molar-refractivity contribution in [3.8, 4) is 0 Å². The number of benzene rings is 2. The van der Waals surface area contributed by atoms with Crippen LogP contribution >= 0.6 is 11.6 Å². The van der Waals surface area contributed by atoms with E-state index in [1.54, 1.807) is 4.90 Å². The second kappa shape index (κ2) is 7.53. The lowest BCUT2D eigenvalue weighted by atomic mass is 10.1. The molecular formula is C18H16ClN3O4. The third-order valence-electron chi connectivity index (χ3n) is 4.23. The van der Waals surface area contributed by atoms with E-state index in [1.165, 1.54) is 12.1 Å². The smallest absolute Gasteiger partial charge is 0.288 e. The van der Waals surface area contributed by atoms with Crippen LogP contribution in [0.5, 0.6) is 0 Å². The molecule has 1 fully saturated rings. The van der Waals surface area contributed by atoms with E-state index < -0.39 is 10.8 Å². The molecule has 2 aromatic carbocycles. The predicted octanol–water partition coefficient (Wildman–Crippen LogP) is 3.03. The van der Waals surface area contributed by atoms with E-state index in [2.05, 4.69) is 5.32 Å². The highest BCUT2D eigenvalue weighted by molar-refractivity contribution is 6.32. The predicted molar refractivity (Wildman–Crippen MR) is 97.3 cm³/mol. The molecule has 1 atom stereocenters. The first-order valence-corrected chi connectivity index (χ1v) is 8.41. The SMILES string of the molecule is O=C(NCC1CC(=O)N(c2ccccc2)C1)c1ccc(Cl)c([N+](=O)[O-])c1. The molecule has 0 spiro atoms. The zero-order valence-corrected chi connectivity index (χ0v) is 14.5. The molecule has 2 amide bonds. The van der Waals surface area contributed by atoms with Gasteiger partial charge in [0.2, 0.25) is 5.91 Å². The summed E-state index contributed by atoms with van der Waals surface area (Å²) in [7, 11) is 0. The molecule has 7 nitrogen and oxygen atoms in total. The van der Waals surface area contributed by atoms with Gasteiger partial charge in [-0.05, 0) is 24.3 Å². The second-order valence-corrected chi connectivity index (χ2v) is 6.45. The van der Waals surface area contributed by atoms with Crippen molar-refractivity contribution in [3.63, 3.8) is 0 Å². The Morgan fingerprint density at radius 1 is 1.27 bits per heavy atom. The Labute approximate surface area is 154 Å². The summed E-state index contributed by atoms with van der Waals surface area (Å²) >= 11 is 5.75. The quantitative estimate of drug-likeness (QED) is 0.644. The molecule has 0 aromatic heterocycles. The molecule has 134 valence electrons. The lowest BCUT2D eigenvalue weighted by Crippen LogP contribution is -2.31. The number of nitro benzene ring substituents is 1. The second-order valence-electron chi connectivity index (χ2n) is 6.04. The Bertz CT molecular complexity index is 857. The highest BCUT2D eigenvalue weighted by Crippen LogP contribution is 2.26. The van der Waals surface area contributed by atoms with Crippen molar-refractivity contribution < 1.29 is 14.5 Å². The zero-order chi connectivity index (χ0) is 18.7. The number of nitrogens with one attached hydrogen (secondary N) is 1. The minimum absolute atomic E-state index is 0.0116. The van der Waals surface area contributed by atoms with Crippen LogP contribution in [0.3, 0.4) is 0 Å². The van der Waals surface area contributed by atoms with Gasteiger partial charge in [0.25, 0.3) is 11.6 Å². The number of hydrogen-bond donors (Lipinski definition) is 1. The monoisotopic (exact) mass is 373 g/mol. The molecule has 1 unspecified atom stereocenters. The number of hydrogen-bond acceptors (Lipinski definition) is 4. The van der Waals surface area contributed by atoms with Crippen molar-refractivity contribution in [2.75, 3.05) is 18.0 Å². The van der Waals surface area contributed by atoms with Gasteiger partial charge < -0.3 is 10.2 Å². The van der Waals surface area contributed by atoms with E-state index >= 15 is 0 Å². The van der Waals surface area contributed by atoms with Gasteiger partial charge in [0.1, 0.15) is 5.02 Å². The van der Waals surface area contributed by atoms with E-state index in [1.807, 2.05) is 30.3 Å². The maximum absolute atomic E-state index is 12.2. The first-order chi connectivity index (χ1) is 12.5. The van der Waals surface area contributed by atoms with Crippen LogP contribution in [0.2, 0.25) is 5.02 Å². The van der Waals surface area contributed by atoms with Crippen LogP contribution in [-0.4, -0.2) is 29.8 Å². The van der Waals surface area contributed by atoms with E-state index in [9.17, 15) is 19.7 Å². The van der Waals surface area contributed by atoms with E-state index in [-0.39, 0.29) is 28.1 Å². The summed E-state index contributed by atoms with van der Waals surface area (Å²) in [6, 6.07) is 13.3. The molecule has 3 rings (SSSR count). The number of halogens is 1. The summed E-state index contributed by atoms with van der Waals surface area (Å²) in [5.74, 6) is -0.443. The van der Waals surface area contributed by atoms with Gasteiger partial charge in [-0.3, -0.25) is 19.7 Å². The summed E-state index contributed by atoms with van der Waals surface area (Å²) in [4.78, 5) is 36.4. The Morgan fingerprint density at radius 2 is 2.00 bits per heavy atom. The van der Waals surface area contributed by atoms with Crippen molar-refractivity contribution >= 4 is 34.8 Å². The molecule has 1 heterocycles. The van der Waals surface area contributed by atoms with Gasteiger partial charge in [-0.2, -0.15) is 0 Å². The molecule has 2 aromatic rings. The molecule has 0 bridgehead atoms. The molecule has 0 aliphatic carbocycles. The van der Waals surface area contributed by atoms with Crippen LogP contribution in [0.15, 0.2) is 48.5 Å². The lowest BCUT2D eigenvalue weighted by Gasteiger charge is -2.16. The average molecular weight is 374 g/mol. The van der Waals surface area contributed by atoms with Crippen LogP contribution < -0.4 is 10.2 Å². The number of carbonyl (C=O) groups excluding carboxylic acids is 2. The maximum Gasteiger partial charge on any atom is 0.288 e. The van der Waals surface area contributed by atoms with Gasteiger partial charge in [0, 0.05) is 42.7 Å². The highest BCUT2D eigenvalue weighted by Gasteiger charge is 2.30. The fraction of sp³-hybridized carbons (Fsp3) is 0.222. The molecule has 26 heavy (non-hydrogen) atoms. The van der Waals surface area contributed by atoms with E-state index in [0.717, 1.165) is 11.8 Å². The van der Waals surface area contributed by atoms with Crippen LogP contribution in [0.25, 0.3) is 0 Å². The van der Waals surface area contributed by atoms with Crippen LogP contribution in [0, 0.1) is 16.0 Å². The number of nitrogens with zero attached hydrogens (tertiary/aromatic N) is 2. The summed E-state index contributed by atoms with van der Waals surface area (Å²) < 4.78 is 0. The van der Waals surface area contributed by atoms with Crippen molar-refractivity contribution in [3.05, 3.63) is 69.2 Å². The normalized spacial score (nSPS) is 16.6. The third-order valence-corrected chi connectivity index (χ3v) is 4.55. The van der Waals surface area contributed by atoms with Gasteiger partial charge in [0.05, 0.1) is 4.92 Å². The molecule has 8 heteroatoms. The first kappa shape index (κ1) is 17.9. The van der Waals surface area contributed by atoms with E-state index in [4.69, 9.17) is 11.6 Å². The summed E-state index contributed by atoms with van der Waals surface area (Å²) in [5.41, 5.74) is 0.676. The number of para-hydroxylation sites is 1. The number of carbonyl (C=O) groups is 2. The van der Waals surface area contributed by atoms with Crippen LogP contribution in [0.1, 0.15) is 16.8 Å². The number of anilines is 1. The van der Waals surface area contributed by atoms with Crippen molar-refractivity contribution in [1.82, 2.24) is 5.32 Å². The maximum atomic E-state index is 12.2. The molecule has 1 N–H and O–H groups in total. The van der Waals surface area contributed by atoms with Gasteiger partial charge in [-0.1, -0.05) is 29.8 Å². The standard InChI is InChI=1S/C18H16ClN3O4/c19-15-7-6-13(9-16(15)22(25)26)18(24)20-10-12-8-17(23)21(11-12)14-4-2-1-3-5-14/h1-7,9,12H,8,10-11H2,(H,20,24). The number of rotatable bonds is 5. The van der Waals surface area contributed by atoms with Gasteiger partial charge in [-0.15, -0.1) is 0 Å². The minimum atomic E-state index is -0.632. The van der Waals surface area contributed by atoms with Crippen molar-refractivity contribution in [2.24, 2.45) is 5.92 Å². The lowest BCUT2D eigenvalue weighted by molar-refractivity contribution is -0.384. The Hall–Kier alpha value is -2.93. The molecule has 1 aliphatic heterocycles. The van der Waals surface area contributed by atoms with Crippen LogP contribution in [-0.2, 0) is 4.79 Å². The summed E-state index contributed by atoms with van der Waals surface area (Å²) in [6.07, 6.45) is 0.343. The number of nitro groups is 1. The Balaban J connectivity index is 1.61. The molecule has 1 saturated heterocycles. The van der Waals surface area contributed by atoms with E-state index in [0.29, 0.717) is 19.5 Å². The van der Waals surface area contributed by atoms with Gasteiger partial charge in [-0.25, -0.2) is 0 Å². The molecule has 0 radical (unpaired) electrons. The molecule has 1 aliphatic rings. The fourth-order valence-electron chi connectivity index (χ4n) is 2.91. The topological polar surface area (TPSA) is 92.6 Å². The van der Waals surface area contributed by atoms with Crippen molar-refractivity contribution in [2.45, 2.75) is 6.42 Å². The molecular weight excluding hydrogens is 358 g/mol.